The van der Waals surface area contributed by atoms with Gasteiger partial charge in [-0.05, 0) is 18.2 Å². The Kier molecular flexibility index (Phi) is 4.57. The number of carboxylic acids is 1. The van der Waals surface area contributed by atoms with E-state index >= 15 is 0 Å². The van der Waals surface area contributed by atoms with E-state index in [2.05, 4.69) is 15.9 Å². The summed E-state index contributed by atoms with van der Waals surface area (Å²) in [5.74, 6) is -5.44. The van der Waals surface area contributed by atoms with Crippen LogP contribution in [0, 0.1) is 17.7 Å². The first-order chi connectivity index (χ1) is 9.68. The molecule has 0 radical (unpaired) electrons. The molecule has 21 heavy (non-hydrogen) atoms. The molecule has 0 saturated carbocycles. The molecule has 8 heteroatoms. The summed E-state index contributed by atoms with van der Waals surface area (Å²) < 4.78 is 52.8. The van der Waals surface area contributed by atoms with Crippen LogP contribution in [-0.2, 0) is 11.3 Å². The fourth-order valence-corrected chi connectivity index (χ4v) is 2.91. The van der Waals surface area contributed by atoms with Gasteiger partial charge in [-0.2, -0.15) is 13.2 Å². The molecular weight excluding hydrogens is 358 g/mol. The number of alkyl halides is 3. The average Bonchev–Trinajstić information content (AvgIpc) is 2.78. The molecule has 2 atom stereocenters. The van der Waals surface area contributed by atoms with E-state index < -0.39 is 36.3 Å². The summed E-state index contributed by atoms with van der Waals surface area (Å²) in [4.78, 5) is 12.3. The highest BCUT2D eigenvalue weighted by Gasteiger charge is 2.52. The number of benzene rings is 1. The highest BCUT2D eigenvalue weighted by Crippen LogP contribution is 2.38. The number of nitrogens with zero attached hydrogens (tertiary/aromatic N) is 1. The van der Waals surface area contributed by atoms with E-state index in [1.807, 2.05) is 0 Å². The molecule has 0 aliphatic carbocycles. The first-order valence-corrected chi connectivity index (χ1v) is 6.93. The van der Waals surface area contributed by atoms with Crippen molar-refractivity contribution in [1.82, 2.24) is 4.90 Å². The van der Waals surface area contributed by atoms with E-state index in [1.165, 1.54) is 23.1 Å². The SMILES string of the molecule is O=C(O)[C@@H]1CN(Cc2cc(Br)ccc2F)C[C@H]1C(F)(F)F. The summed E-state index contributed by atoms with van der Waals surface area (Å²) >= 11 is 3.17. The van der Waals surface area contributed by atoms with Crippen LogP contribution < -0.4 is 0 Å². The molecular formula is C13H12BrF4NO2. The number of hydrogen-bond donors (Lipinski definition) is 1. The molecule has 1 aromatic rings. The minimum Gasteiger partial charge on any atom is -0.481 e. The molecule has 1 aromatic carbocycles. The zero-order valence-electron chi connectivity index (χ0n) is 10.7. The van der Waals surface area contributed by atoms with Crippen LogP contribution in [0.25, 0.3) is 0 Å². The predicted molar refractivity (Wildman–Crippen MR) is 70.0 cm³/mol. The molecule has 3 nitrogen and oxygen atoms in total. The van der Waals surface area contributed by atoms with Gasteiger partial charge >= 0.3 is 12.1 Å². The monoisotopic (exact) mass is 369 g/mol. The van der Waals surface area contributed by atoms with Crippen molar-refractivity contribution in [3.05, 3.63) is 34.1 Å². The van der Waals surface area contributed by atoms with Crippen molar-refractivity contribution >= 4 is 21.9 Å². The lowest BCUT2D eigenvalue weighted by molar-refractivity contribution is -0.188. The van der Waals surface area contributed by atoms with Gasteiger partial charge in [0, 0.05) is 29.7 Å². The largest absolute Gasteiger partial charge is 0.481 e. The number of halogens is 5. The van der Waals surface area contributed by atoms with Crippen LogP contribution >= 0.6 is 15.9 Å². The Morgan fingerprint density at radius 3 is 2.57 bits per heavy atom. The van der Waals surface area contributed by atoms with E-state index in [-0.39, 0.29) is 18.7 Å². The number of carboxylic acid groups (broad SMARTS) is 1. The van der Waals surface area contributed by atoms with Crippen LogP contribution in [0.15, 0.2) is 22.7 Å². The average molecular weight is 370 g/mol. The van der Waals surface area contributed by atoms with Gasteiger partial charge in [-0.15, -0.1) is 0 Å². The van der Waals surface area contributed by atoms with Gasteiger partial charge in [-0.3, -0.25) is 9.69 Å². The highest BCUT2D eigenvalue weighted by molar-refractivity contribution is 9.10. The van der Waals surface area contributed by atoms with Gasteiger partial charge in [0.25, 0.3) is 0 Å². The minimum absolute atomic E-state index is 0.0539. The van der Waals surface area contributed by atoms with Crippen molar-refractivity contribution in [3.8, 4) is 0 Å². The maximum Gasteiger partial charge on any atom is 0.393 e. The lowest BCUT2D eigenvalue weighted by Crippen LogP contribution is -2.33. The number of rotatable bonds is 3. The summed E-state index contributed by atoms with van der Waals surface area (Å²) in [7, 11) is 0. The van der Waals surface area contributed by atoms with Crippen molar-refractivity contribution in [1.29, 1.82) is 0 Å². The predicted octanol–water partition coefficient (Wildman–Crippen LogP) is 3.28. The summed E-state index contributed by atoms with van der Waals surface area (Å²) in [5.41, 5.74) is 0.233. The van der Waals surface area contributed by atoms with Crippen molar-refractivity contribution in [2.75, 3.05) is 13.1 Å². The van der Waals surface area contributed by atoms with Crippen molar-refractivity contribution in [2.24, 2.45) is 11.8 Å². The van der Waals surface area contributed by atoms with Gasteiger partial charge < -0.3 is 5.11 Å². The van der Waals surface area contributed by atoms with Gasteiger partial charge in [0.15, 0.2) is 0 Å². The third-order valence-electron chi connectivity index (χ3n) is 3.53. The van der Waals surface area contributed by atoms with E-state index in [0.29, 0.717) is 4.47 Å². The molecule has 2 rings (SSSR count). The Balaban J connectivity index is 2.16. The van der Waals surface area contributed by atoms with E-state index in [9.17, 15) is 22.4 Å². The minimum atomic E-state index is -4.58. The molecule has 0 amide bonds. The molecule has 0 spiro atoms. The molecule has 1 fully saturated rings. The Morgan fingerprint density at radius 2 is 2.05 bits per heavy atom. The highest BCUT2D eigenvalue weighted by atomic mass is 79.9. The van der Waals surface area contributed by atoms with Crippen LogP contribution in [-0.4, -0.2) is 35.2 Å². The molecule has 0 bridgehead atoms. The third kappa shape index (κ3) is 3.74. The quantitative estimate of drug-likeness (QED) is 0.831. The van der Waals surface area contributed by atoms with Crippen LogP contribution in [0.4, 0.5) is 17.6 Å². The second-order valence-corrected chi connectivity index (χ2v) is 5.94. The number of likely N-dealkylation sites (tertiary alicyclic amines) is 1. The summed E-state index contributed by atoms with van der Waals surface area (Å²) in [5, 5.41) is 8.92. The zero-order valence-corrected chi connectivity index (χ0v) is 12.3. The van der Waals surface area contributed by atoms with Crippen molar-refractivity contribution in [3.63, 3.8) is 0 Å². The molecule has 1 aliphatic rings. The van der Waals surface area contributed by atoms with E-state index in [4.69, 9.17) is 5.11 Å². The van der Waals surface area contributed by atoms with Crippen LogP contribution in [0.2, 0.25) is 0 Å². The molecule has 1 saturated heterocycles. The molecule has 1 aliphatic heterocycles. The second kappa shape index (κ2) is 5.92. The maximum absolute atomic E-state index is 13.6. The van der Waals surface area contributed by atoms with Crippen molar-refractivity contribution < 1.29 is 27.5 Å². The van der Waals surface area contributed by atoms with E-state index in [0.717, 1.165) is 0 Å². The van der Waals surface area contributed by atoms with Gasteiger partial charge in [0.2, 0.25) is 0 Å². The number of carbonyl (C=O) groups is 1. The lowest BCUT2D eigenvalue weighted by Gasteiger charge is -2.18. The standard InChI is InChI=1S/C13H12BrF4NO2/c14-8-1-2-11(15)7(3-8)4-19-5-9(12(20)21)10(6-19)13(16,17)18/h1-3,9-10H,4-6H2,(H,20,21)/t9-,10-/m1/s1. The summed E-state index contributed by atoms with van der Waals surface area (Å²) in [6, 6.07) is 4.18. The Hall–Kier alpha value is -1.15. The topological polar surface area (TPSA) is 40.5 Å². The number of hydrogen-bond acceptors (Lipinski definition) is 2. The zero-order chi connectivity index (χ0) is 15.8. The Bertz CT molecular complexity index is 549. The molecule has 0 unspecified atom stereocenters. The second-order valence-electron chi connectivity index (χ2n) is 5.02. The van der Waals surface area contributed by atoms with Gasteiger partial charge in [0.05, 0.1) is 11.8 Å². The summed E-state index contributed by atoms with van der Waals surface area (Å²) in [6.45, 7) is -0.737. The Labute approximate surface area is 126 Å². The van der Waals surface area contributed by atoms with Crippen LogP contribution in [0.3, 0.4) is 0 Å². The number of aliphatic carboxylic acids is 1. The normalized spacial score (nSPS) is 23.5. The van der Waals surface area contributed by atoms with Gasteiger partial charge in [0.1, 0.15) is 5.82 Å². The first-order valence-electron chi connectivity index (χ1n) is 6.14. The molecule has 116 valence electrons. The smallest absolute Gasteiger partial charge is 0.393 e. The van der Waals surface area contributed by atoms with Gasteiger partial charge in [-0.25, -0.2) is 4.39 Å². The molecule has 0 aromatic heterocycles. The fourth-order valence-electron chi connectivity index (χ4n) is 2.50. The van der Waals surface area contributed by atoms with E-state index in [1.54, 1.807) is 0 Å². The lowest BCUT2D eigenvalue weighted by atomic mass is 9.96. The molecule has 1 heterocycles. The molecule has 1 N–H and O–H groups in total. The maximum atomic E-state index is 13.6. The summed E-state index contributed by atoms with van der Waals surface area (Å²) in [6.07, 6.45) is -4.58. The Morgan fingerprint density at radius 1 is 1.38 bits per heavy atom. The van der Waals surface area contributed by atoms with Crippen LogP contribution in [0.5, 0.6) is 0 Å². The van der Waals surface area contributed by atoms with Crippen LogP contribution in [0.1, 0.15) is 5.56 Å². The van der Waals surface area contributed by atoms with Gasteiger partial charge in [-0.1, -0.05) is 15.9 Å². The third-order valence-corrected chi connectivity index (χ3v) is 4.03. The first kappa shape index (κ1) is 16.2. The van der Waals surface area contributed by atoms with Crippen molar-refractivity contribution in [2.45, 2.75) is 12.7 Å². The fraction of sp³-hybridized carbons (Fsp3) is 0.462.